The number of para-hydroxylation sites is 4. The minimum atomic E-state index is 0.864. The summed E-state index contributed by atoms with van der Waals surface area (Å²) >= 11 is 3.54. The Bertz CT molecular complexity index is 3180. The van der Waals surface area contributed by atoms with Crippen LogP contribution in [0.1, 0.15) is 0 Å². The van der Waals surface area contributed by atoms with E-state index in [0.29, 0.717) is 0 Å². The molecule has 12 rings (SSSR count). The molecule has 6 aromatic carbocycles. The molecule has 0 atom stereocenters. The molecule has 12 aromatic rings. The second-order valence-corrected chi connectivity index (χ2v) is 18.8. The maximum atomic E-state index is 4.97. The van der Waals surface area contributed by atoms with Gasteiger partial charge in [-0.25, -0.2) is 9.97 Å². The molecule has 6 heterocycles. The lowest BCUT2D eigenvalue weighted by Crippen LogP contribution is -2.07. The number of rotatable bonds is 12. The Morgan fingerprint density at radius 1 is 0.250 bits per heavy atom. The van der Waals surface area contributed by atoms with E-state index >= 15 is 0 Å². The van der Waals surface area contributed by atoms with Crippen LogP contribution in [0.5, 0.6) is 0 Å². The summed E-state index contributed by atoms with van der Waals surface area (Å²) in [6.45, 7) is 0. The van der Waals surface area contributed by atoms with Gasteiger partial charge in [0, 0.05) is 56.0 Å². The van der Waals surface area contributed by atoms with Gasteiger partial charge in [-0.05, 0) is 132 Å². The van der Waals surface area contributed by atoms with Crippen molar-refractivity contribution >= 4 is 55.4 Å². The largest absolute Gasteiger partial charge is 0.302 e. The van der Waals surface area contributed by atoms with Gasteiger partial charge in [0.2, 0.25) is 0 Å². The molecule has 6 nitrogen and oxygen atoms in total. The molecule has 0 aliphatic carbocycles. The predicted molar refractivity (Wildman–Crippen MR) is 302 cm³/mol. The first-order chi connectivity index (χ1) is 35.7. The fourth-order valence-corrected chi connectivity index (χ4v) is 10.5. The standard InChI is InChI=1S/2C32H23N3S/c2*1-4-12-24(13-5-1)29-22-25(23-30(34-29)28-18-10-11-21-33-28)31-19-20-32(36-31)35(26-14-6-2-7-15-26)27-16-8-3-9-17-27/h2*1-23H. The number of nitrogens with zero attached hydrogens (tertiary/aromatic N) is 6. The van der Waals surface area contributed by atoms with Gasteiger partial charge in [0.1, 0.15) is 10.0 Å². The molecule has 0 bridgehead atoms. The van der Waals surface area contributed by atoms with Crippen LogP contribution < -0.4 is 9.80 Å². The SMILES string of the molecule is c1ccc(-c2cc(-c3ccc(N(c4ccccc4)c4ccccc4)s3)cc(-c3ccccn3)n2)cc1.c1ccc(-c2cc(-c3ccc(N(c4ccccc4)c4ccccc4)s3)cc(-c3ccccn3)n2)cc1. The van der Waals surface area contributed by atoms with Crippen molar-refractivity contribution in [3.8, 4) is 66.2 Å². The monoisotopic (exact) mass is 962 g/mol. The number of hydrogen-bond donors (Lipinski definition) is 0. The Hall–Kier alpha value is -9.08. The maximum absolute atomic E-state index is 4.97. The Labute approximate surface area is 428 Å². The van der Waals surface area contributed by atoms with Gasteiger partial charge in [0.25, 0.3) is 0 Å². The van der Waals surface area contributed by atoms with E-state index in [2.05, 4.69) is 190 Å². The molecule has 6 aromatic heterocycles. The Kier molecular flexibility index (Phi) is 13.7. The van der Waals surface area contributed by atoms with Crippen molar-refractivity contribution in [3.63, 3.8) is 0 Å². The van der Waals surface area contributed by atoms with Gasteiger partial charge in [-0.2, -0.15) is 0 Å². The summed E-state index contributed by atoms with van der Waals surface area (Å²) in [6, 6.07) is 91.9. The highest BCUT2D eigenvalue weighted by molar-refractivity contribution is 7.20. The lowest BCUT2D eigenvalue weighted by atomic mass is 10.1. The van der Waals surface area contributed by atoms with Crippen LogP contribution in [-0.2, 0) is 0 Å². The van der Waals surface area contributed by atoms with E-state index in [1.807, 2.05) is 109 Å². The summed E-state index contributed by atoms with van der Waals surface area (Å²) in [4.78, 5) is 26.0. The molecule has 0 spiro atoms. The molecule has 0 fully saturated rings. The lowest BCUT2D eigenvalue weighted by molar-refractivity contribution is 1.25. The topological polar surface area (TPSA) is 58.0 Å². The van der Waals surface area contributed by atoms with Gasteiger partial charge in [-0.1, -0.05) is 146 Å². The fourth-order valence-electron chi connectivity index (χ4n) is 8.47. The number of thiophene rings is 2. The summed E-state index contributed by atoms with van der Waals surface area (Å²) in [5, 5.41) is 2.31. The van der Waals surface area contributed by atoms with Crippen LogP contribution in [0.3, 0.4) is 0 Å². The molecule has 8 heteroatoms. The first kappa shape index (κ1) is 45.4. The third-order valence-electron chi connectivity index (χ3n) is 11.9. The molecule has 0 amide bonds. The molecule has 0 radical (unpaired) electrons. The first-order valence-electron chi connectivity index (χ1n) is 23.7. The van der Waals surface area contributed by atoms with E-state index in [4.69, 9.17) is 9.97 Å². The third kappa shape index (κ3) is 10.4. The van der Waals surface area contributed by atoms with Crippen molar-refractivity contribution in [2.45, 2.75) is 0 Å². The molecule has 0 unspecified atom stereocenters. The van der Waals surface area contributed by atoms with E-state index in [9.17, 15) is 0 Å². The molecule has 344 valence electrons. The van der Waals surface area contributed by atoms with Crippen molar-refractivity contribution in [2.24, 2.45) is 0 Å². The van der Waals surface area contributed by atoms with Crippen LogP contribution in [0.4, 0.5) is 32.8 Å². The van der Waals surface area contributed by atoms with Crippen LogP contribution >= 0.6 is 22.7 Å². The minimum Gasteiger partial charge on any atom is -0.302 e. The van der Waals surface area contributed by atoms with Gasteiger partial charge in [-0.15, -0.1) is 22.7 Å². The van der Waals surface area contributed by atoms with Gasteiger partial charge >= 0.3 is 0 Å². The summed E-state index contributed by atoms with van der Waals surface area (Å²) in [6.07, 6.45) is 3.62. The number of aromatic nitrogens is 4. The Morgan fingerprint density at radius 2 is 0.556 bits per heavy atom. The predicted octanol–water partition coefficient (Wildman–Crippen LogP) is 18.0. The summed E-state index contributed by atoms with van der Waals surface area (Å²) in [7, 11) is 0. The summed E-state index contributed by atoms with van der Waals surface area (Å²) in [5.41, 5.74) is 14.3. The maximum Gasteiger partial charge on any atom is 0.101 e. The summed E-state index contributed by atoms with van der Waals surface area (Å²) < 4.78 is 0. The van der Waals surface area contributed by atoms with Gasteiger partial charge in [0.15, 0.2) is 0 Å². The number of hydrogen-bond acceptors (Lipinski definition) is 8. The highest BCUT2D eigenvalue weighted by Crippen LogP contribution is 2.44. The fraction of sp³-hybridized carbons (Fsp3) is 0. The second kappa shape index (κ2) is 21.7. The van der Waals surface area contributed by atoms with E-state index in [1.54, 1.807) is 22.7 Å². The Morgan fingerprint density at radius 3 is 0.875 bits per heavy atom. The van der Waals surface area contributed by atoms with Crippen molar-refractivity contribution in [1.82, 2.24) is 19.9 Å². The van der Waals surface area contributed by atoms with Crippen LogP contribution in [0, 0.1) is 0 Å². The van der Waals surface area contributed by atoms with E-state index in [1.165, 1.54) is 9.75 Å². The molecular formula is C64H46N6S2. The average Bonchev–Trinajstić information content (AvgIpc) is 4.17. The zero-order valence-corrected chi connectivity index (χ0v) is 40.7. The number of anilines is 6. The zero-order valence-electron chi connectivity index (χ0n) is 39.1. The summed E-state index contributed by atoms with van der Waals surface area (Å²) in [5.74, 6) is 0. The highest BCUT2D eigenvalue weighted by atomic mass is 32.1. The second-order valence-electron chi connectivity index (χ2n) is 16.7. The van der Waals surface area contributed by atoms with E-state index < -0.39 is 0 Å². The molecule has 0 saturated heterocycles. The first-order valence-corrected chi connectivity index (χ1v) is 25.3. The van der Waals surface area contributed by atoms with Gasteiger partial charge in [-0.3, -0.25) is 9.97 Å². The zero-order chi connectivity index (χ0) is 48.3. The molecule has 0 N–H and O–H groups in total. The minimum absolute atomic E-state index is 0.864. The van der Waals surface area contributed by atoms with E-state index in [0.717, 1.165) is 89.2 Å². The van der Waals surface area contributed by atoms with Crippen molar-refractivity contribution in [1.29, 1.82) is 0 Å². The van der Waals surface area contributed by atoms with Gasteiger partial charge in [0.05, 0.1) is 34.2 Å². The molecular weight excluding hydrogens is 917 g/mol. The smallest absolute Gasteiger partial charge is 0.101 e. The van der Waals surface area contributed by atoms with Crippen molar-refractivity contribution < 1.29 is 0 Å². The molecule has 0 aliphatic rings. The Balaban J connectivity index is 0.000000156. The molecule has 72 heavy (non-hydrogen) atoms. The van der Waals surface area contributed by atoms with Crippen molar-refractivity contribution in [2.75, 3.05) is 9.80 Å². The molecule has 0 saturated carbocycles. The molecule has 0 aliphatic heterocycles. The highest BCUT2D eigenvalue weighted by Gasteiger charge is 2.19. The third-order valence-corrected chi connectivity index (χ3v) is 14.1. The normalized spacial score (nSPS) is 10.8. The van der Waals surface area contributed by atoms with Crippen molar-refractivity contribution in [3.05, 3.63) is 279 Å². The van der Waals surface area contributed by atoms with E-state index in [-0.39, 0.29) is 0 Å². The van der Waals surface area contributed by atoms with Crippen LogP contribution in [0.2, 0.25) is 0 Å². The van der Waals surface area contributed by atoms with Crippen LogP contribution in [0.15, 0.2) is 279 Å². The number of benzene rings is 6. The number of pyridine rings is 4. The lowest BCUT2D eigenvalue weighted by Gasteiger charge is -2.23. The van der Waals surface area contributed by atoms with Gasteiger partial charge < -0.3 is 9.80 Å². The average molecular weight is 963 g/mol. The van der Waals surface area contributed by atoms with Crippen LogP contribution in [0.25, 0.3) is 66.2 Å². The quantitative estimate of drug-likeness (QED) is 0.122. The van der Waals surface area contributed by atoms with Crippen LogP contribution in [-0.4, -0.2) is 19.9 Å².